The van der Waals surface area contributed by atoms with Crippen molar-refractivity contribution in [1.29, 1.82) is 0 Å². The number of benzene rings is 3. The van der Waals surface area contributed by atoms with Crippen molar-refractivity contribution >= 4 is 46.4 Å². The number of hydrogen-bond donors (Lipinski definition) is 2. The predicted octanol–water partition coefficient (Wildman–Crippen LogP) is 9.58. The largest absolute Gasteiger partial charge is 0.355 e. The Morgan fingerprint density at radius 3 is 1.60 bits per heavy atom. The van der Waals surface area contributed by atoms with E-state index in [1.807, 2.05) is 36.4 Å². The quantitative estimate of drug-likeness (QED) is 0.213. The fourth-order valence-corrected chi connectivity index (χ4v) is 6.04. The number of aromatic amines is 2. The Morgan fingerprint density at radius 1 is 0.419 bits per heavy atom. The molecule has 0 radical (unpaired) electrons. The first-order valence-electron chi connectivity index (χ1n) is 14.5. The van der Waals surface area contributed by atoms with Crippen molar-refractivity contribution in [2.75, 3.05) is 0 Å². The second-order valence-corrected chi connectivity index (χ2v) is 10.9. The maximum atomic E-state index is 4.87. The summed E-state index contributed by atoms with van der Waals surface area (Å²) in [6.45, 7) is 0. The molecule has 3 aromatic carbocycles. The molecule has 3 aliphatic rings. The topological polar surface area (TPSA) is 57.4 Å². The Morgan fingerprint density at radius 2 is 0.953 bits per heavy atom. The Kier molecular flexibility index (Phi) is 6.16. The van der Waals surface area contributed by atoms with Crippen LogP contribution in [0.1, 0.15) is 33.9 Å². The van der Waals surface area contributed by atoms with Gasteiger partial charge in [0.25, 0.3) is 0 Å². The van der Waals surface area contributed by atoms with Crippen LogP contribution in [0.3, 0.4) is 0 Å². The lowest BCUT2D eigenvalue weighted by atomic mass is 9.96. The van der Waals surface area contributed by atoms with Gasteiger partial charge < -0.3 is 9.97 Å². The summed E-state index contributed by atoms with van der Waals surface area (Å²) in [5.41, 5.74) is 15.7. The van der Waals surface area contributed by atoms with Gasteiger partial charge in [0.1, 0.15) is 0 Å². The third-order valence-corrected chi connectivity index (χ3v) is 7.98. The van der Waals surface area contributed by atoms with Gasteiger partial charge in [-0.1, -0.05) is 78.9 Å². The normalized spacial score (nSPS) is 12.4. The van der Waals surface area contributed by atoms with Crippen LogP contribution >= 0.6 is 0 Å². The van der Waals surface area contributed by atoms with E-state index in [1.54, 1.807) is 0 Å². The minimum Gasteiger partial charge on any atom is -0.355 e. The van der Waals surface area contributed by atoms with Crippen LogP contribution in [0.25, 0.3) is 68.6 Å². The molecule has 4 nitrogen and oxygen atoms in total. The van der Waals surface area contributed by atoms with E-state index in [2.05, 4.69) is 119 Å². The van der Waals surface area contributed by atoms with Gasteiger partial charge in [0.05, 0.1) is 22.8 Å². The highest BCUT2D eigenvalue weighted by molar-refractivity contribution is 5.93. The maximum absolute atomic E-state index is 4.87. The molecule has 2 aliphatic heterocycles. The van der Waals surface area contributed by atoms with Gasteiger partial charge in [-0.25, -0.2) is 9.97 Å². The zero-order valence-electron chi connectivity index (χ0n) is 23.5. The van der Waals surface area contributed by atoms with Crippen LogP contribution in [0.4, 0.5) is 0 Å². The molecule has 0 atom stereocenters. The summed E-state index contributed by atoms with van der Waals surface area (Å²) in [4.78, 5) is 16.8. The van der Waals surface area contributed by atoms with Crippen molar-refractivity contribution < 1.29 is 0 Å². The van der Waals surface area contributed by atoms with Crippen molar-refractivity contribution in [2.45, 2.75) is 6.42 Å². The molecule has 0 fully saturated rings. The van der Waals surface area contributed by atoms with Crippen LogP contribution in [-0.4, -0.2) is 19.9 Å². The van der Waals surface area contributed by atoms with Gasteiger partial charge in [-0.15, -0.1) is 0 Å². The second-order valence-electron chi connectivity index (χ2n) is 10.9. The molecule has 3 aromatic heterocycles. The summed E-state index contributed by atoms with van der Waals surface area (Å²) < 4.78 is 0. The molecule has 0 amide bonds. The van der Waals surface area contributed by atoms with E-state index in [4.69, 9.17) is 9.97 Å². The summed E-state index contributed by atoms with van der Waals surface area (Å²) in [5.74, 6) is 0. The summed E-state index contributed by atoms with van der Waals surface area (Å²) in [5, 5.41) is 0. The monoisotopic (exact) mass is 552 g/mol. The highest BCUT2D eigenvalue weighted by atomic mass is 14.8. The first-order valence-corrected chi connectivity index (χ1v) is 14.5. The maximum Gasteiger partial charge on any atom is 0.0658 e. The van der Waals surface area contributed by atoms with Crippen LogP contribution < -0.4 is 0 Å². The highest BCUT2D eigenvalue weighted by Gasteiger charge is 2.22. The van der Waals surface area contributed by atoms with Gasteiger partial charge in [0.2, 0.25) is 0 Å². The van der Waals surface area contributed by atoms with Gasteiger partial charge in [-0.05, 0) is 101 Å². The van der Waals surface area contributed by atoms with Gasteiger partial charge in [-0.2, -0.15) is 0 Å². The standard InChI is InChI=1S/C33H22N4.C6H6/c1-2-5-28-20(4-1)14-31-29(28)6-3-7-30(31)32-18-27-17-25-11-10-23(35-25)15-21-8-9-22(34-21)16-24-12-13-26(36-24)19-33(32)37-27;1-2-4-6-5-3-1/h1-13,15-19,34,37H,14H2;1-6H. The van der Waals surface area contributed by atoms with E-state index in [-0.39, 0.29) is 0 Å². The summed E-state index contributed by atoms with van der Waals surface area (Å²) >= 11 is 0. The Hall–Kier alpha value is -5.74. The zero-order valence-corrected chi connectivity index (χ0v) is 23.5. The molecule has 4 heteroatoms. The minimum absolute atomic E-state index is 0.926. The first kappa shape index (κ1) is 25.0. The van der Waals surface area contributed by atoms with E-state index in [1.165, 1.54) is 33.4 Å². The lowest BCUT2D eigenvalue weighted by molar-refractivity contribution is 1.26. The number of nitrogens with zero attached hydrogens (tertiary/aromatic N) is 2. The summed E-state index contributed by atoms with van der Waals surface area (Å²) in [6.07, 6.45) is 9.19. The molecule has 0 saturated carbocycles. The van der Waals surface area contributed by atoms with Crippen LogP contribution in [0, 0.1) is 0 Å². The van der Waals surface area contributed by atoms with E-state index in [9.17, 15) is 0 Å². The molecule has 5 heterocycles. The summed E-state index contributed by atoms with van der Waals surface area (Å²) in [6, 6.07) is 42.2. The number of aromatic nitrogens is 4. The second kappa shape index (κ2) is 10.6. The van der Waals surface area contributed by atoms with Crippen molar-refractivity contribution in [3.63, 3.8) is 0 Å². The van der Waals surface area contributed by atoms with Crippen LogP contribution in [-0.2, 0) is 6.42 Å². The third-order valence-electron chi connectivity index (χ3n) is 7.98. The molecular formula is C39H28N4. The van der Waals surface area contributed by atoms with E-state index < -0.39 is 0 Å². The van der Waals surface area contributed by atoms with Gasteiger partial charge >= 0.3 is 0 Å². The zero-order chi connectivity index (χ0) is 28.6. The lowest BCUT2D eigenvalue weighted by Gasteiger charge is -2.07. The lowest BCUT2D eigenvalue weighted by Crippen LogP contribution is -1.87. The molecule has 8 bridgehead atoms. The number of rotatable bonds is 1. The van der Waals surface area contributed by atoms with Gasteiger partial charge in [0.15, 0.2) is 0 Å². The molecule has 0 spiro atoms. The Bertz CT molecular complexity index is 2190. The van der Waals surface area contributed by atoms with E-state index >= 15 is 0 Å². The minimum atomic E-state index is 0.926. The Balaban J connectivity index is 0.000000416. The molecule has 0 unspecified atom stereocenters. The van der Waals surface area contributed by atoms with Crippen molar-refractivity contribution in [3.8, 4) is 22.3 Å². The number of hydrogen-bond acceptors (Lipinski definition) is 2. The average molecular weight is 553 g/mol. The van der Waals surface area contributed by atoms with Crippen molar-refractivity contribution in [2.24, 2.45) is 0 Å². The molecule has 9 rings (SSSR count). The van der Waals surface area contributed by atoms with Gasteiger partial charge in [-0.3, -0.25) is 0 Å². The average Bonchev–Trinajstić information content (AvgIpc) is 3.87. The molecular weight excluding hydrogens is 524 g/mol. The van der Waals surface area contributed by atoms with Crippen molar-refractivity contribution in [1.82, 2.24) is 19.9 Å². The van der Waals surface area contributed by atoms with Gasteiger partial charge in [0, 0.05) is 27.6 Å². The molecule has 204 valence electrons. The van der Waals surface area contributed by atoms with Crippen LogP contribution in [0.2, 0.25) is 0 Å². The van der Waals surface area contributed by atoms with E-state index in [0.717, 1.165) is 51.3 Å². The number of H-pyrrole nitrogens is 2. The third kappa shape index (κ3) is 5.00. The SMILES string of the molecule is C1=Cc2cc3cc(-c4cccc5c4Cc4ccccc4-5)c(cc4nc(cc5ccc(cc1n2)[nH]5)C=C4)[nH]3.c1ccccc1. The number of fused-ring (bicyclic) bond motifs is 11. The fourth-order valence-electron chi connectivity index (χ4n) is 6.04. The fraction of sp³-hybridized carbons (Fsp3) is 0.0256. The van der Waals surface area contributed by atoms with E-state index in [0.29, 0.717) is 0 Å². The highest BCUT2D eigenvalue weighted by Crippen LogP contribution is 2.42. The Labute approximate surface area is 249 Å². The molecule has 1 aliphatic carbocycles. The molecule has 0 saturated heterocycles. The molecule has 43 heavy (non-hydrogen) atoms. The predicted molar refractivity (Wildman–Crippen MR) is 179 cm³/mol. The van der Waals surface area contributed by atoms with Crippen LogP contribution in [0.15, 0.2) is 121 Å². The number of nitrogens with one attached hydrogen (secondary N) is 2. The first-order chi connectivity index (χ1) is 21.2. The summed E-state index contributed by atoms with van der Waals surface area (Å²) in [7, 11) is 0. The van der Waals surface area contributed by atoms with Crippen LogP contribution in [0.5, 0.6) is 0 Å². The van der Waals surface area contributed by atoms with Crippen molar-refractivity contribution in [3.05, 3.63) is 155 Å². The molecule has 2 N–H and O–H groups in total. The smallest absolute Gasteiger partial charge is 0.0658 e. The molecule has 6 aromatic rings.